The monoisotopic (exact) mass is 250 g/mol. The molecule has 1 fully saturated rings. The molecule has 0 aromatic carbocycles. The van der Waals surface area contributed by atoms with Gasteiger partial charge in [-0.1, -0.05) is 6.92 Å². The molecule has 1 saturated heterocycles. The molecule has 1 atom stereocenters. The molecular formula is C14H26N4. The number of rotatable bonds is 4. The highest BCUT2D eigenvalue weighted by Crippen LogP contribution is 2.30. The Hall–Kier alpha value is -0.870. The minimum absolute atomic E-state index is 0.369. The zero-order valence-electron chi connectivity index (χ0n) is 12.1. The summed E-state index contributed by atoms with van der Waals surface area (Å²) in [5.74, 6) is 0. The number of nitrogens with zero attached hydrogens (tertiary/aromatic N) is 3. The third-order valence-corrected chi connectivity index (χ3v) is 4.33. The van der Waals surface area contributed by atoms with E-state index in [0.717, 1.165) is 6.54 Å². The average molecular weight is 250 g/mol. The second-order valence-electron chi connectivity index (χ2n) is 6.10. The van der Waals surface area contributed by atoms with Crippen molar-refractivity contribution < 1.29 is 0 Å². The van der Waals surface area contributed by atoms with Gasteiger partial charge in [0.1, 0.15) is 0 Å². The van der Waals surface area contributed by atoms with Crippen LogP contribution in [0, 0.1) is 5.41 Å². The van der Waals surface area contributed by atoms with E-state index in [9.17, 15) is 0 Å². The summed E-state index contributed by atoms with van der Waals surface area (Å²) in [5, 5.41) is 7.90. The van der Waals surface area contributed by atoms with Crippen molar-refractivity contribution in [3.05, 3.63) is 18.0 Å². The second kappa shape index (κ2) is 5.41. The van der Waals surface area contributed by atoms with Crippen molar-refractivity contribution in [1.82, 2.24) is 20.0 Å². The molecule has 2 rings (SSSR count). The van der Waals surface area contributed by atoms with Crippen molar-refractivity contribution >= 4 is 0 Å². The highest BCUT2D eigenvalue weighted by Gasteiger charge is 2.29. The SMILES string of the molecule is CC(NCC1(C)CCN(C)CC1)c1ccnn1C. The van der Waals surface area contributed by atoms with E-state index in [4.69, 9.17) is 0 Å². The molecule has 2 heterocycles. The molecule has 0 saturated carbocycles. The van der Waals surface area contributed by atoms with Crippen molar-refractivity contribution in [2.75, 3.05) is 26.7 Å². The first-order chi connectivity index (χ1) is 8.50. The number of hydrogen-bond acceptors (Lipinski definition) is 3. The highest BCUT2D eigenvalue weighted by molar-refractivity contribution is 5.05. The molecule has 1 unspecified atom stereocenters. The molecule has 0 bridgehead atoms. The minimum atomic E-state index is 0.369. The number of hydrogen-bond donors (Lipinski definition) is 1. The molecule has 0 radical (unpaired) electrons. The first-order valence-corrected chi connectivity index (χ1v) is 6.90. The van der Waals surface area contributed by atoms with E-state index in [1.807, 2.05) is 17.9 Å². The Labute approximate surface area is 110 Å². The van der Waals surface area contributed by atoms with Crippen LogP contribution >= 0.6 is 0 Å². The Balaban J connectivity index is 1.86. The summed E-state index contributed by atoms with van der Waals surface area (Å²) >= 11 is 0. The molecule has 4 heteroatoms. The van der Waals surface area contributed by atoms with Crippen molar-refractivity contribution in [2.45, 2.75) is 32.7 Å². The quantitative estimate of drug-likeness (QED) is 0.884. The number of piperidine rings is 1. The van der Waals surface area contributed by atoms with Crippen LogP contribution in [0.15, 0.2) is 12.3 Å². The minimum Gasteiger partial charge on any atom is -0.308 e. The maximum atomic E-state index is 4.23. The van der Waals surface area contributed by atoms with Gasteiger partial charge < -0.3 is 10.2 Å². The van der Waals surface area contributed by atoms with Gasteiger partial charge in [0, 0.05) is 25.8 Å². The standard InChI is InChI=1S/C14H26N4/c1-12(13-5-8-16-18(13)4)15-11-14(2)6-9-17(3)10-7-14/h5,8,12,15H,6-7,9-11H2,1-4H3. The third-order valence-electron chi connectivity index (χ3n) is 4.33. The molecule has 18 heavy (non-hydrogen) atoms. The van der Waals surface area contributed by atoms with Crippen LogP contribution in [0.4, 0.5) is 0 Å². The molecule has 0 spiro atoms. The number of likely N-dealkylation sites (tertiary alicyclic amines) is 1. The molecule has 1 aliphatic rings. The smallest absolute Gasteiger partial charge is 0.0547 e. The topological polar surface area (TPSA) is 33.1 Å². The summed E-state index contributed by atoms with van der Waals surface area (Å²) in [4.78, 5) is 2.42. The lowest BCUT2D eigenvalue weighted by Gasteiger charge is -2.38. The highest BCUT2D eigenvalue weighted by atomic mass is 15.3. The molecule has 102 valence electrons. The van der Waals surface area contributed by atoms with E-state index in [2.05, 4.69) is 42.3 Å². The normalized spacial score (nSPS) is 22.0. The fourth-order valence-corrected chi connectivity index (χ4v) is 2.65. The van der Waals surface area contributed by atoms with E-state index in [1.54, 1.807) is 0 Å². The number of nitrogens with one attached hydrogen (secondary N) is 1. The molecule has 0 aliphatic carbocycles. The van der Waals surface area contributed by atoms with Crippen molar-refractivity contribution in [2.24, 2.45) is 12.5 Å². The maximum Gasteiger partial charge on any atom is 0.0547 e. The van der Waals surface area contributed by atoms with E-state index in [0.29, 0.717) is 11.5 Å². The van der Waals surface area contributed by atoms with Crippen LogP contribution in [0.1, 0.15) is 38.4 Å². The van der Waals surface area contributed by atoms with Gasteiger partial charge in [-0.15, -0.1) is 0 Å². The summed E-state index contributed by atoms with van der Waals surface area (Å²) in [6.45, 7) is 8.15. The summed E-state index contributed by atoms with van der Waals surface area (Å²) in [7, 11) is 4.22. The maximum absolute atomic E-state index is 4.23. The first-order valence-electron chi connectivity index (χ1n) is 6.90. The van der Waals surface area contributed by atoms with Crippen LogP contribution in [0.3, 0.4) is 0 Å². The summed E-state index contributed by atoms with van der Waals surface area (Å²) < 4.78 is 1.95. The molecule has 1 aromatic rings. The van der Waals surface area contributed by atoms with Crippen LogP contribution < -0.4 is 5.32 Å². The van der Waals surface area contributed by atoms with E-state index in [-0.39, 0.29) is 0 Å². The van der Waals surface area contributed by atoms with E-state index < -0.39 is 0 Å². The molecule has 1 aromatic heterocycles. The Morgan fingerprint density at radius 1 is 1.39 bits per heavy atom. The Kier molecular flexibility index (Phi) is 4.07. The van der Waals surface area contributed by atoms with Gasteiger partial charge in [0.25, 0.3) is 0 Å². The molecule has 1 N–H and O–H groups in total. The van der Waals surface area contributed by atoms with Gasteiger partial charge in [0.15, 0.2) is 0 Å². The van der Waals surface area contributed by atoms with Crippen LogP contribution in [-0.2, 0) is 7.05 Å². The van der Waals surface area contributed by atoms with Gasteiger partial charge in [-0.05, 0) is 51.4 Å². The average Bonchev–Trinajstić information content (AvgIpc) is 2.77. The molecule has 0 amide bonds. The van der Waals surface area contributed by atoms with Gasteiger partial charge >= 0.3 is 0 Å². The van der Waals surface area contributed by atoms with Crippen molar-refractivity contribution in [3.63, 3.8) is 0 Å². The summed E-state index contributed by atoms with van der Waals surface area (Å²) in [6.07, 6.45) is 4.44. The van der Waals surface area contributed by atoms with Crippen molar-refractivity contribution in [3.8, 4) is 0 Å². The Morgan fingerprint density at radius 3 is 2.61 bits per heavy atom. The third kappa shape index (κ3) is 3.12. The molecule has 4 nitrogen and oxygen atoms in total. The second-order valence-corrected chi connectivity index (χ2v) is 6.10. The van der Waals surface area contributed by atoms with Crippen molar-refractivity contribution in [1.29, 1.82) is 0 Å². The van der Waals surface area contributed by atoms with Crippen LogP contribution in [0.25, 0.3) is 0 Å². The lowest BCUT2D eigenvalue weighted by molar-refractivity contribution is 0.133. The number of aryl methyl sites for hydroxylation is 1. The Morgan fingerprint density at radius 2 is 2.06 bits per heavy atom. The predicted molar refractivity (Wildman–Crippen MR) is 74.5 cm³/mol. The first kappa shape index (κ1) is 13.6. The largest absolute Gasteiger partial charge is 0.308 e. The van der Waals surface area contributed by atoms with Crippen LogP contribution in [0.2, 0.25) is 0 Å². The zero-order chi connectivity index (χ0) is 13.2. The number of aromatic nitrogens is 2. The van der Waals surface area contributed by atoms with Gasteiger partial charge in [-0.3, -0.25) is 4.68 Å². The van der Waals surface area contributed by atoms with Gasteiger partial charge in [0.2, 0.25) is 0 Å². The Bertz CT molecular complexity index is 377. The van der Waals surface area contributed by atoms with Gasteiger partial charge in [-0.2, -0.15) is 5.10 Å². The van der Waals surface area contributed by atoms with Crippen LogP contribution in [0.5, 0.6) is 0 Å². The van der Waals surface area contributed by atoms with E-state index in [1.165, 1.54) is 31.6 Å². The molecule has 1 aliphatic heterocycles. The van der Waals surface area contributed by atoms with E-state index >= 15 is 0 Å². The lowest BCUT2D eigenvalue weighted by atomic mass is 9.80. The summed E-state index contributed by atoms with van der Waals surface area (Å²) in [5.41, 5.74) is 1.70. The molecular weight excluding hydrogens is 224 g/mol. The fourth-order valence-electron chi connectivity index (χ4n) is 2.65. The zero-order valence-corrected chi connectivity index (χ0v) is 12.1. The van der Waals surface area contributed by atoms with Crippen LogP contribution in [-0.4, -0.2) is 41.4 Å². The summed E-state index contributed by atoms with van der Waals surface area (Å²) in [6, 6.07) is 2.46. The van der Waals surface area contributed by atoms with Gasteiger partial charge in [-0.25, -0.2) is 0 Å². The van der Waals surface area contributed by atoms with Gasteiger partial charge in [0.05, 0.1) is 5.69 Å². The predicted octanol–water partition coefficient (Wildman–Crippen LogP) is 1.80. The lowest BCUT2D eigenvalue weighted by Crippen LogP contribution is -2.42. The fraction of sp³-hybridized carbons (Fsp3) is 0.786.